The third kappa shape index (κ3) is 3.22. The van der Waals surface area contributed by atoms with Gasteiger partial charge < -0.3 is 10.6 Å². The Hall–Kier alpha value is -0.900. The van der Waals surface area contributed by atoms with Gasteiger partial charge in [-0.3, -0.25) is 4.90 Å². The van der Waals surface area contributed by atoms with Crippen molar-refractivity contribution in [1.29, 1.82) is 0 Å². The Morgan fingerprint density at radius 2 is 1.60 bits per heavy atom. The van der Waals surface area contributed by atoms with Crippen molar-refractivity contribution in [2.75, 3.05) is 39.3 Å². The molecule has 0 aromatic heterocycles. The van der Waals surface area contributed by atoms with Crippen LogP contribution in [-0.4, -0.2) is 49.1 Å². The van der Waals surface area contributed by atoms with E-state index in [9.17, 15) is 0 Å². The van der Waals surface area contributed by atoms with Crippen LogP contribution in [0.15, 0.2) is 30.3 Å². The molecule has 0 bridgehead atoms. The average Bonchev–Trinajstić information content (AvgIpc) is 2.86. The summed E-state index contributed by atoms with van der Waals surface area (Å²) in [7, 11) is 0. The molecule has 0 aliphatic carbocycles. The molecule has 0 atom stereocenters. The zero-order valence-electron chi connectivity index (χ0n) is 12.4. The standard InChI is InChI=1S/C17H27N3/c18-9-13-20-12-8-17(15-20)6-10-19(11-7-17)14-16-4-2-1-3-5-16/h1-5H,6-15,18H2. The predicted molar refractivity (Wildman–Crippen MR) is 83.5 cm³/mol. The first-order valence-corrected chi connectivity index (χ1v) is 7.98. The summed E-state index contributed by atoms with van der Waals surface area (Å²) in [5.74, 6) is 0. The van der Waals surface area contributed by atoms with E-state index in [-0.39, 0.29) is 0 Å². The van der Waals surface area contributed by atoms with Crippen molar-refractivity contribution in [2.24, 2.45) is 11.1 Å². The molecule has 0 amide bonds. The first kappa shape index (κ1) is 14.1. The molecule has 0 saturated carbocycles. The molecule has 110 valence electrons. The lowest BCUT2D eigenvalue weighted by Gasteiger charge is -2.39. The van der Waals surface area contributed by atoms with Gasteiger partial charge in [-0.15, -0.1) is 0 Å². The lowest BCUT2D eigenvalue weighted by molar-refractivity contribution is 0.103. The molecule has 0 unspecified atom stereocenters. The van der Waals surface area contributed by atoms with Crippen molar-refractivity contribution in [3.05, 3.63) is 35.9 Å². The molecule has 3 rings (SSSR count). The van der Waals surface area contributed by atoms with Gasteiger partial charge in [0.05, 0.1) is 0 Å². The maximum Gasteiger partial charge on any atom is 0.0233 e. The predicted octanol–water partition coefficient (Wildman–Crippen LogP) is 1.93. The molecule has 2 heterocycles. The van der Waals surface area contributed by atoms with Gasteiger partial charge in [-0.05, 0) is 49.9 Å². The summed E-state index contributed by atoms with van der Waals surface area (Å²) in [6.07, 6.45) is 4.11. The highest BCUT2D eigenvalue weighted by Gasteiger charge is 2.39. The van der Waals surface area contributed by atoms with Gasteiger partial charge in [-0.1, -0.05) is 30.3 Å². The summed E-state index contributed by atoms with van der Waals surface area (Å²) in [5, 5.41) is 0. The fraction of sp³-hybridized carbons (Fsp3) is 0.647. The van der Waals surface area contributed by atoms with E-state index in [4.69, 9.17) is 5.73 Å². The minimum absolute atomic E-state index is 0.600. The number of nitrogens with two attached hydrogens (primary N) is 1. The van der Waals surface area contributed by atoms with E-state index in [1.807, 2.05) is 0 Å². The van der Waals surface area contributed by atoms with Crippen molar-refractivity contribution >= 4 is 0 Å². The SMILES string of the molecule is NCCN1CCC2(CCN(Cc3ccccc3)CC2)C1. The van der Waals surface area contributed by atoms with Crippen LogP contribution in [0.3, 0.4) is 0 Å². The largest absolute Gasteiger partial charge is 0.329 e. The summed E-state index contributed by atoms with van der Waals surface area (Å²) in [6, 6.07) is 10.9. The number of piperidine rings is 1. The molecule has 1 aromatic carbocycles. The van der Waals surface area contributed by atoms with Gasteiger partial charge in [0.15, 0.2) is 0 Å². The maximum absolute atomic E-state index is 5.68. The van der Waals surface area contributed by atoms with Crippen LogP contribution < -0.4 is 5.73 Å². The Morgan fingerprint density at radius 3 is 2.25 bits per heavy atom. The number of benzene rings is 1. The van der Waals surface area contributed by atoms with Crippen LogP contribution in [0.25, 0.3) is 0 Å². The van der Waals surface area contributed by atoms with Crippen LogP contribution in [0.2, 0.25) is 0 Å². The first-order valence-electron chi connectivity index (χ1n) is 7.98. The second-order valence-electron chi connectivity index (χ2n) is 6.58. The van der Waals surface area contributed by atoms with Crippen molar-refractivity contribution in [3.8, 4) is 0 Å². The monoisotopic (exact) mass is 273 g/mol. The van der Waals surface area contributed by atoms with E-state index >= 15 is 0 Å². The minimum atomic E-state index is 0.600. The van der Waals surface area contributed by atoms with Crippen LogP contribution in [0.4, 0.5) is 0 Å². The molecule has 1 spiro atoms. The van der Waals surface area contributed by atoms with Crippen LogP contribution in [-0.2, 0) is 6.54 Å². The molecule has 3 nitrogen and oxygen atoms in total. The van der Waals surface area contributed by atoms with Crippen LogP contribution >= 0.6 is 0 Å². The third-order valence-corrected chi connectivity index (χ3v) is 5.13. The van der Waals surface area contributed by atoms with Crippen molar-refractivity contribution in [2.45, 2.75) is 25.8 Å². The van der Waals surface area contributed by atoms with Gasteiger partial charge in [0, 0.05) is 26.2 Å². The summed E-state index contributed by atoms with van der Waals surface area (Å²) in [6.45, 7) is 8.05. The number of hydrogen-bond acceptors (Lipinski definition) is 3. The summed E-state index contributed by atoms with van der Waals surface area (Å²) >= 11 is 0. The van der Waals surface area contributed by atoms with Crippen LogP contribution in [0.1, 0.15) is 24.8 Å². The minimum Gasteiger partial charge on any atom is -0.329 e. The lowest BCUT2D eigenvalue weighted by Crippen LogP contribution is -2.41. The fourth-order valence-corrected chi connectivity index (χ4v) is 3.84. The van der Waals surface area contributed by atoms with E-state index in [1.54, 1.807) is 0 Å². The molecular formula is C17H27N3. The van der Waals surface area contributed by atoms with Crippen LogP contribution in [0, 0.1) is 5.41 Å². The molecule has 2 N–H and O–H groups in total. The van der Waals surface area contributed by atoms with Crippen molar-refractivity contribution in [3.63, 3.8) is 0 Å². The maximum atomic E-state index is 5.68. The number of rotatable bonds is 4. The zero-order valence-corrected chi connectivity index (χ0v) is 12.4. The molecule has 1 aromatic rings. The smallest absolute Gasteiger partial charge is 0.0233 e. The van der Waals surface area contributed by atoms with Gasteiger partial charge >= 0.3 is 0 Å². The van der Waals surface area contributed by atoms with Gasteiger partial charge in [0.25, 0.3) is 0 Å². The Bertz CT molecular complexity index is 410. The van der Waals surface area contributed by atoms with E-state index in [1.165, 1.54) is 51.0 Å². The highest BCUT2D eigenvalue weighted by molar-refractivity contribution is 5.14. The summed E-state index contributed by atoms with van der Waals surface area (Å²) in [4.78, 5) is 5.18. The molecule has 2 aliphatic rings. The summed E-state index contributed by atoms with van der Waals surface area (Å²) < 4.78 is 0. The number of likely N-dealkylation sites (tertiary alicyclic amines) is 2. The number of hydrogen-bond donors (Lipinski definition) is 1. The van der Waals surface area contributed by atoms with E-state index in [0.717, 1.165) is 19.6 Å². The summed E-state index contributed by atoms with van der Waals surface area (Å²) in [5.41, 5.74) is 7.73. The van der Waals surface area contributed by atoms with Gasteiger partial charge in [-0.25, -0.2) is 0 Å². The molecule has 20 heavy (non-hydrogen) atoms. The lowest BCUT2D eigenvalue weighted by atomic mass is 9.77. The van der Waals surface area contributed by atoms with E-state index < -0.39 is 0 Å². The van der Waals surface area contributed by atoms with E-state index in [2.05, 4.69) is 40.1 Å². The van der Waals surface area contributed by atoms with Crippen molar-refractivity contribution < 1.29 is 0 Å². The molecule has 2 saturated heterocycles. The Morgan fingerprint density at radius 1 is 0.950 bits per heavy atom. The van der Waals surface area contributed by atoms with Crippen LogP contribution in [0.5, 0.6) is 0 Å². The van der Waals surface area contributed by atoms with E-state index in [0.29, 0.717) is 5.41 Å². The normalized spacial score (nSPS) is 23.4. The second-order valence-corrected chi connectivity index (χ2v) is 6.58. The highest BCUT2D eigenvalue weighted by Crippen LogP contribution is 2.40. The topological polar surface area (TPSA) is 32.5 Å². The molecule has 3 heteroatoms. The van der Waals surface area contributed by atoms with Gasteiger partial charge in [0.1, 0.15) is 0 Å². The zero-order chi connectivity index (χ0) is 13.8. The average molecular weight is 273 g/mol. The first-order chi connectivity index (χ1) is 9.80. The molecular weight excluding hydrogens is 246 g/mol. The Kier molecular flexibility index (Phi) is 4.39. The second kappa shape index (κ2) is 6.25. The van der Waals surface area contributed by atoms with Gasteiger partial charge in [-0.2, -0.15) is 0 Å². The molecule has 2 fully saturated rings. The highest BCUT2D eigenvalue weighted by atomic mass is 15.2. The van der Waals surface area contributed by atoms with Gasteiger partial charge in [0.2, 0.25) is 0 Å². The Labute approximate surface area is 122 Å². The Balaban J connectivity index is 1.50. The fourth-order valence-electron chi connectivity index (χ4n) is 3.84. The van der Waals surface area contributed by atoms with Crippen molar-refractivity contribution in [1.82, 2.24) is 9.80 Å². The molecule has 0 radical (unpaired) electrons. The quantitative estimate of drug-likeness (QED) is 0.910. The number of nitrogens with zero attached hydrogens (tertiary/aromatic N) is 2. The molecule has 2 aliphatic heterocycles. The third-order valence-electron chi connectivity index (χ3n) is 5.13.